The zero-order chi connectivity index (χ0) is 14.7. The average Bonchev–Trinajstić information content (AvgIpc) is 2.96. The Morgan fingerprint density at radius 2 is 1.57 bits per heavy atom. The van der Waals surface area contributed by atoms with Gasteiger partial charge in [-0.05, 0) is 41.4 Å². The summed E-state index contributed by atoms with van der Waals surface area (Å²) < 4.78 is 5.19. The number of hydrogen-bond acceptors (Lipinski definition) is 2. The summed E-state index contributed by atoms with van der Waals surface area (Å²) in [6.07, 6.45) is 1.61. The molecule has 0 spiro atoms. The first-order chi connectivity index (χ1) is 10.3. The second kappa shape index (κ2) is 6.17. The molecule has 3 aromatic rings. The fourth-order valence-electron chi connectivity index (χ4n) is 2.51. The lowest BCUT2D eigenvalue weighted by Gasteiger charge is -2.16. The van der Waals surface area contributed by atoms with E-state index in [9.17, 15) is 0 Å². The summed E-state index contributed by atoms with van der Waals surface area (Å²) in [5.74, 6) is 0. The molecule has 2 aromatic carbocycles. The zero-order valence-corrected chi connectivity index (χ0v) is 12.5. The van der Waals surface area contributed by atoms with Crippen LogP contribution in [-0.2, 0) is 0 Å². The van der Waals surface area contributed by atoms with Gasteiger partial charge in [-0.25, -0.2) is 0 Å². The molecule has 1 N–H and O–H groups in total. The summed E-state index contributed by atoms with van der Waals surface area (Å²) in [5, 5.41) is 3.71. The van der Waals surface area contributed by atoms with Gasteiger partial charge in [0, 0.05) is 5.56 Å². The van der Waals surface area contributed by atoms with E-state index in [4.69, 9.17) is 16.0 Å². The van der Waals surface area contributed by atoms with Gasteiger partial charge in [-0.2, -0.15) is 0 Å². The number of benzene rings is 2. The molecule has 106 valence electrons. The molecule has 1 heterocycles. The van der Waals surface area contributed by atoms with Crippen molar-refractivity contribution in [3.8, 4) is 11.1 Å². The third kappa shape index (κ3) is 2.87. The van der Waals surface area contributed by atoms with Crippen LogP contribution in [0, 0.1) is 0 Å². The Kier molecular flexibility index (Phi) is 4.09. The molecule has 0 aliphatic heterocycles. The highest BCUT2D eigenvalue weighted by molar-refractivity contribution is 6.29. The first-order valence-corrected chi connectivity index (χ1v) is 7.23. The van der Waals surface area contributed by atoms with Crippen LogP contribution in [-0.4, -0.2) is 7.05 Å². The van der Waals surface area contributed by atoms with Gasteiger partial charge in [0.25, 0.3) is 0 Å². The van der Waals surface area contributed by atoms with E-state index in [2.05, 4.69) is 41.7 Å². The second-order valence-corrected chi connectivity index (χ2v) is 5.20. The molecule has 0 saturated carbocycles. The quantitative estimate of drug-likeness (QED) is 0.740. The molecule has 0 saturated heterocycles. The maximum atomic E-state index is 6.08. The van der Waals surface area contributed by atoms with Gasteiger partial charge >= 0.3 is 0 Å². The van der Waals surface area contributed by atoms with Crippen molar-refractivity contribution in [1.82, 2.24) is 5.32 Å². The molecule has 1 aromatic heterocycles. The van der Waals surface area contributed by atoms with E-state index in [0.29, 0.717) is 5.22 Å². The van der Waals surface area contributed by atoms with Crippen LogP contribution in [0.1, 0.15) is 17.2 Å². The Labute approximate surface area is 129 Å². The minimum absolute atomic E-state index is 0.0288. The Balaban J connectivity index is 1.91. The second-order valence-electron chi connectivity index (χ2n) is 4.86. The van der Waals surface area contributed by atoms with Crippen molar-refractivity contribution in [1.29, 1.82) is 0 Å². The van der Waals surface area contributed by atoms with Gasteiger partial charge in [-0.1, -0.05) is 54.6 Å². The van der Waals surface area contributed by atoms with Crippen LogP contribution in [0.3, 0.4) is 0 Å². The Morgan fingerprint density at radius 3 is 2.14 bits per heavy atom. The highest BCUT2D eigenvalue weighted by atomic mass is 35.5. The maximum Gasteiger partial charge on any atom is 0.198 e. The lowest BCUT2D eigenvalue weighted by Crippen LogP contribution is -2.17. The maximum absolute atomic E-state index is 6.08. The van der Waals surface area contributed by atoms with Gasteiger partial charge in [-0.3, -0.25) is 0 Å². The van der Waals surface area contributed by atoms with E-state index in [1.54, 1.807) is 6.26 Å². The van der Waals surface area contributed by atoms with E-state index in [0.717, 1.165) is 11.1 Å². The molecule has 2 nitrogen and oxygen atoms in total. The Hall–Kier alpha value is -2.03. The van der Waals surface area contributed by atoms with E-state index in [1.165, 1.54) is 11.1 Å². The first-order valence-electron chi connectivity index (χ1n) is 6.85. The summed E-state index contributed by atoms with van der Waals surface area (Å²) in [5.41, 5.74) is 4.52. The van der Waals surface area contributed by atoms with Gasteiger partial charge in [-0.15, -0.1) is 0 Å². The highest BCUT2D eigenvalue weighted by Crippen LogP contribution is 2.30. The minimum Gasteiger partial charge on any atom is -0.453 e. The molecule has 3 heteroatoms. The van der Waals surface area contributed by atoms with Crippen molar-refractivity contribution in [2.45, 2.75) is 6.04 Å². The van der Waals surface area contributed by atoms with Crippen LogP contribution >= 0.6 is 11.6 Å². The molecule has 0 bridgehead atoms. The molecule has 0 aliphatic rings. The third-order valence-electron chi connectivity index (χ3n) is 3.60. The summed E-state index contributed by atoms with van der Waals surface area (Å²) in [6.45, 7) is 0. The predicted molar refractivity (Wildman–Crippen MR) is 86.5 cm³/mol. The lowest BCUT2D eigenvalue weighted by atomic mass is 9.98. The van der Waals surface area contributed by atoms with Gasteiger partial charge < -0.3 is 9.73 Å². The normalized spacial score (nSPS) is 12.3. The average molecular weight is 298 g/mol. The summed E-state index contributed by atoms with van der Waals surface area (Å²) in [7, 11) is 1.92. The molecule has 21 heavy (non-hydrogen) atoms. The fourth-order valence-corrected chi connectivity index (χ4v) is 2.73. The predicted octanol–water partition coefficient (Wildman–Crippen LogP) is 4.91. The molecule has 0 amide bonds. The molecule has 0 aliphatic carbocycles. The van der Waals surface area contributed by atoms with E-state index in [1.807, 2.05) is 31.3 Å². The molecule has 1 atom stereocenters. The summed E-state index contributed by atoms with van der Waals surface area (Å²) in [4.78, 5) is 0. The number of rotatable bonds is 4. The van der Waals surface area contributed by atoms with Gasteiger partial charge in [0.1, 0.15) is 0 Å². The van der Waals surface area contributed by atoms with Crippen LogP contribution in [0.4, 0.5) is 0 Å². The SMILES string of the molecule is CNC(c1ccc(-c2ccccc2)cc1)c1ccoc1Cl. The topological polar surface area (TPSA) is 25.2 Å². The van der Waals surface area contributed by atoms with Crippen LogP contribution in [0.5, 0.6) is 0 Å². The first kappa shape index (κ1) is 13.9. The number of nitrogens with one attached hydrogen (secondary N) is 1. The standard InChI is InChI=1S/C18H16ClNO/c1-20-17(16-11-12-21-18(16)19)15-9-7-14(8-10-15)13-5-3-2-4-6-13/h2-12,17,20H,1H3. The van der Waals surface area contributed by atoms with Crippen molar-refractivity contribution in [2.75, 3.05) is 7.05 Å². The highest BCUT2D eigenvalue weighted by Gasteiger charge is 2.17. The van der Waals surface area contributed by atoms with Crippen LogP contribution in [0.2, 0.25) is 5.22 Å². The monoisotopic (exact) mass is 297 g/mol. The van der Waals surface area contributed by atoms with Crippen LogP contribution < -0.4 is 5.32 Å². The Morgan fingerprint density at radius 1 is 0.905 bits per heavy atom. The molecule has 1 unspecified atom stereocenters. The summed E-state index contributed by atoms with van der Waals surface area (Å²) >= 11 is 6.08. The van der Waals surface area contributed by atoms with Crippen molar-refractivity contribution in [3.05, 3.63) is 83.3 Å². The minimum atomic E-state index is 0.0288. The Bertz CT molecular complexity index is 704. The smallest absolute Gasteiger partial charge is 0.198 e. The fraction of sp³-hybridized carbons (Fsp3) is 0.111. The zero-order valence-electron chi connectivity index (χ0n) is 11.7. The van der Waals surface area contributed by atoms with Crippen molar-refractivity contribution in [2.24, 2.45) is 0 Å². The third-order valence-corrected chi connectivity index (χ3v) is 3.90. The largest absolute Gasteiger partial charge is 0.453 e. The number of hydrogen-bond donors (Lipinski definition) is 1. The van der Waals surface area contributed by atoms with E-state index in [-0.39, 0.29) is 6.04 Å². The molecule has 0 fully saturated rings. The molecular formula is C18H16ClNO. The summed E-state index contributed by atoms with van der Waals surface area (Å²) in [6, 6.07) is 20.8. The van der Waals surface area contributed by atoms with Crippen molar-refractivity contribution in [3.63, 3.8) is 0 Å². The van der Waals surface area contributed by atoms with E-state index < -0.39 is 0 Å². The number of furan rings is 1. The van der Waals surface area contributed by atoms with Crippen LogP contribution in [0.25, 0.3) is 11.1 Å². The van der Waals surface area contributed by atoms with Gasteiger partial charge in [0.2, 0.25) is 0 Å². The van der Waals surface area contributed by atoms with E-state index >= 15 is 0 Å². The van der Waals surface area contributed by atoms with Crippen molar-refractivity contribution < 1.29 is 4.42 Å². The van der Waals surface area contributed by atoms with Gasteiger partial charge in [0.05, 0.1) is 12.3 Å². The lowest BCUT2D eigenvalue weighted by molar-refractivity contribution is 0.559. The molecule has 0 radical (unpaired) electrons. The number of halogens is 1. The van der Waals surface area contributed by atoms with Crippen molar-refractivity contribution >= 4 is 11.6 Å². The molecular weight excluding hydrogens is 282 g/mol. The molecule has 3 rings (SSSR count). The van der Waals surface area contributed by atoms with Gasteiger partial charge in [0.15, 0.2) is 5.22 Å². The van der Waals surface area contributed by atoms with Crippen LogP contribution in [0.15, 0.2) is 71.3 Å².